The van der Waals surface area contributed by atoms with Gasteiger partial charge in [-0.1, -0.05) is 66.7 Å². The number of amides is 2. The second-order valence-electron chi connectivity index (χ2n) is 7.29. The third kappa shape index (κ3) is 5.08. The van der Waals surface area contributed by atoms with E-state index in [4.69, 9.17) is 0 Å². The molecule has 0 aliphatic carbocycles. The van der Waals surface area contributed by atoms with Crippen LogP contribution < -0.4 is 10.6 Å². The van der Waals surface area contributed by atoms with Crippen LogP contribution in [0.25, 0.3) is 0 Å². The van der Waals surface area contributed by atoms with Crippen LogP contribution in [0.5, 0.6) is 0 Å². The molecule has 5 heteroatoms. The summed E-state index contributed by atoms with van der Waals surface area (Å²) < 4.78 is 13.1. The molecule has 0 bridgehead atoms. The van der Waals surface area contributed by atoms with Crippen molar-refractivity contribution in [1.82, 2.24) is 0 Å². The summed E-state index contributed by atoms with van der Waals surface area (Å²) in [5.41, 5.74) is 3.13. The van der Waals surface area contributed by atoms with Gasteiger partial charge in [-0.3, -0.25) is 9.59 Å². The zero-order valence-electron chi connectivity index (χ0n) is 17.2. The highest BCUT2D eigenvalue weighted by molar-refractivity contribution is 6.05. The first-order chi connectivity index (χ1) is 15.6. The molecular formula is C27H21FN2O2. The lowest BCUT2D eigenvalue weighted by Crippen LogP contribution is -2.22. The predicted octanol–water partition coefficient (Wildman–Crippen LogP) is 5.85. The average Bonchev–Trinajstić information content (AvgIpc) is 2.82. The molecule has 4 aromatic rings. The summed E-state index contributed by atoms with van der Waals surface area (Å²) in [4.78, 5) is 25.9. The van der Waals surface area contributed by atoms with E-state index >= 15 is 0 Å². The van der Waals surface area contributed by atoms with Crippen molar-refractivity contribution in [2.24, 2.45) is 0 Å². The zero-order chi connectivity index (χ0) is 22.3. The van der Waals surface area contributed by atoms with Crippen molar-refractivity contribution in [3.8, 4) is 0 Å². The van der Waals surface area contributed by atoms with Gasteiger partial charge in [0, 0.05) is 16.9 Å². The second kappa shape index (κ2) is 9.71. The van der Waals surface area contributed by atoms with E-state index in [9.17, 15) is 14.0 Å². The van der Waals surface area contributed by atoms with Gasteiger partial charge in [0.05, 0.1) is 5.92 Å². The van der Waals surface area contributed by atoms with Crippen LogP contribution >= 0.6 is 0 Å². The van der Waals surface area contributed by atoms with E-state index in [2.05, 4.69) is 10.6 Å². The first-order valence-corrected chi connectivity index (χ1v) is 10.2. The number of benzene rings is 4. The van der Waals surface area contributed by atoms with Crippen molar-refractivity contribution in [2.45, 2.75) is 5.92 Å². The summed E-state index contributed by atoms with van der Waals surface area (Å²) in [6.45, 7) is 0. The molecule has 0 saturated carbocycles. The molecular weight excluding hydrogens is 403 g/mol. The van der Waals surface area contributed by atoms with Crippen molar-refractivity contribution >= 4 is 23.2 Å². The van der Waals surface area contributed by atoms with Gasteiger partial charge in [0.25, 0.3) is 5.91 Å². The number of hydrogen-bond acceptors (Lipinski definition) is 2. The molecule has 0 saturated heterocycles. The van der Waals surface area contributed by atoms with E-state index in [0.717, 1.165) is 11.1 Å². The highest BCUT2D eigenvalue weighted by atomic mass is 19.1. The second-order valence-corrected chi connectivity index (χ2v) is 7.29. The highest BCUT2D eigenvalue weighted by Gasteiger charge is 2.22. The van der Waals surface area contributed by atoms with Crippen LogP contribution in [0.1, 0.15) is 27.4 Å². The minimum atomic E-state index is -0.492. The average molecular weight is 424 g/mol. The Bertz CT molecular complexity index is 1170. The molecule has 0 aliphatic heterocycles. The van der Waals surface area contributed by atoms with Crippen molar-refractivity contribution in [3.05, 3.63) is 132 Å². The quantitative estimate of drug-likeness (QED) is 0.408. The van der Waals surface area contributed by atoms with Crippen LogP contribution in [0.2, 0.25) is 0 Å². The molecule has 0 aliphatic rings. The maximum atomic E-state index is 13.3. The predicted molar refractivity (Wildman–Crippen MR) is 124 cm³/mol. The number of anilines is 2. The number of carbonyl (C=O) groups is 2. The standard InChI is InChI=1S/C27H21FN2O2/c28-22-14-16-23(17-15-22)29-26(31)21-12-7-13-24(18-21)30-27(32)25(19-8-3-1-4-9-19)20-10-5-2-6-11-20/h1-18,25H,(H,29,31)(H,30,32). The van der Waals surface area contributed by atoms with E-state index in [1.54, 1.807) is 24.3 Å². The lowest BCUT2D eigenvalue weighted by Gasteiger charge is -2.18. The summed E-state index contributed by atoms with van der Waals surface area (Å²) in [6.07, 6.45) is 0. The molecule has 4 rings (SSSR count). The number of nitrogens with one attached hydrogen (secondary N) is 2. The molecule has 158 valence electrons. The molecule has 0 aromatic heterocycles. The van der Waals surface area contributed by atoms with E-state index in [0.29, 0.717) is 16.9 Å². The SMILES string of the molecule is O=C(Nc1ccc(F)cc1)c1cccc(NC(=O)C(c2ccccc2)c2ccccc2)c1. The third-order valence-electron chi connectivity index (χ3n) is 5.02. The summed E-state index contributed by atoms with van der Waals surface area (Å²) in [5.74, 6) is -1.41. The Balaban J connectivity index is 1.54. The number of carbonyl (C=O) groups excluding carboxylic acids is 2. The lowest BCUT2D eigenvalue weighted by molar-refractivity contribution is -0.116. The lowest BCUT2D eigenvalue weighted by atomic mass is 9.90. The smallest absolute Gasteiger partial charge is 0.255 e. The first kappa shape index (κ1) is 21.0. The molecule has 0 heterocycles. The molecule has 0 fully saturated rings. The summed E-state index contributed by atoms with van der Waals surface area (Å²) in [7, 11) is 0. The molecule has 0 unspecified atom stereocenters. The minimum Gasteiger partial charge on any atom is -0.325 e. The van der Waals surface area contributed by atoms with E-state index in [-0.39, 0.29) is 17.6 Å². The zero-order valence-corrected chi connectivity index (χ0v) is 17.2. The Morgan fingerprint density at radius 1 is 0.625 bits per heavy atom. The summed E-state index contributed by atoms with van der Waals surface area (Å²) in [6, 6.07) is 31.3. The van der Waals surface area contributed by atoms with Crippen molar-refractivity contribution < 1.29 is 14.0 Å². The fourth-order valence-corrected chi connectivity index (χ4v) is 3.48. The van der Waals surface area contributed by atoms with Gasteiger partial charge in [-0.05, 0) is 53.6 Å². The number of rotatable bonds is 6. The normalized spacial score (nSPS) is 10.6. The van der Waals surface area contributed by atoms with Crippen LogP contribution in [-0.2, 0) is 4.79 Å². The Morgan fingerprint density at radius 2 is 1.22 bits per heavy atom. The Hall–Kier alpha value is -4.25. The number of halogens is 1. The molecule has 4 aromatic carbocycles. The third-order valence-corrected chi connectivity index (χ3v) is 5.02. The summed E-state index contributed by atoms with van der Waals surface area (Å²) in [5, 5.41) is 5.66. The molecule has 2 amide bonds. The van der Waals surface area contributed by atoms with Gasteiger partial charge in [-0.25, -0.2) is 4.39 Å². The molecule has 0 spiro atoms. The van der Waals surface area contributed by atoms with Crippen molar-refractivity contribution in [1.29, 1.82) is 0 Å². The van der Waals surface area contributed by atoms with Gasteiger partial charge in [0.1, 0.15) is 5.82 Å². The monoisotopic (exact) mass is 424 g/mol. The topological polar surface area (TPSA) is 58.2 Å². The maximum absolute atomic E-state index is 13.3. The van der Waals surface area contributed by atoms with Gasteiger partial charge in [0.15, 0.2) is 0 Å². The molecule has 0 radical (unpaired) electrons. The Kier molecular flexibility index (Phi) is 6.37. The van der Waals surface area contributed by atoms with Crippen molar-refractivity contribution in [3.63, 3.8) is 0 Å². The maximum Gasteiger partial charge on any atom is 0.255 e. The highest BCUT2D eigenvalue weighted by Crippen LogP contribution is 2.26. The first-order valence-electron chi connectivity index (χ1n) is 10.2. The van der Waals surface area contributed by atoms with Crippen LogP contribution in [0.15, 0.2) is 109 Å². The largest absolute Gasteiger partial charge is 0.325 e. The Labute approximate surface area is 185 Å². The van der Waals surface area contributed by atoms with Gasteiger partial charge in [0.2, 0.25) is 5.91 Å². The molecule has 32 heavy (non-hydrogen) atoms. The molecule has 4 nitrogen and oxygen atoms in total. The van der Waals surface area contributed by atoms with Crippen LogP contribution in [0.3, 0.4) is 0 Å². The minimum absolute atomic E-state index is 0.196. The summed E-state index contributed by atoms with van der Waals surface area (Å²) >= 11 is 0. The molecule has 2 N–H and O–H groups in total. The van der Waals surface area contributed by atoms with Crippen LogP contribution in [-0.4, -0.2) is 11.8 Å². The van der Waals surface area contributed by atoms with E-state index in [1.165, 1.54) is 24.3 Å². The van der Waals surface area contributed by atoms with Gasteiger partial charge in [-0.15, -0.1) is 0 Å². The Morgan fingerprint density at radius 3 is 1.81 bits per heavy atom. The van der Waals surface area contributed by atoms with Gasteiger partial charge >= 0.3 is 0 Å². The molecule has 0 atom stereocenters. The van der Waals surface area contributed by atoms with Crippen LogP contribution in [0, 0.1) is 5.82 Å². The fourth-order valence-electron chi connectivity index (χ4n) is 3.48. The van der Waals surface area contributed by atoms with Gasteiger partial charge in [-0.2, -0.15) is 0 Å². The van der Waals surface area contributed by atoms with E-state index in [1.807, 2.05) is 60.7 Å². The fraction of sp³-hybridized carbons (Fsp3) is 0.0370. The van der Waals surface area contributed by atoms with Gasteiger partial charge < -0.3 is 10.6 Å². The number of hydrogen-bond donors (Lipinski definition) is 2. The van der Waals surface area contributed by atoms with Crippen LogP contribution in [0.4, 0.5) is 15.8 Å². The van der Waals surface area contributed by atoms with Crippen molar-refractivity contribution in [2.75, 3.05) is 10.6 Å². The van der Waals surface area contributed by atoms with E-state index < -0.39 is 5.92 Å².